The Bertz CT molecular complexity index is 1020. The summed E-state index contributed by atoms with van der Waals surface area (Å²) in [5, 5.41) is 26.2. The monoisotopic (exact) mass is 434 g/mol. The molecule has 0 amide bonds. The van der Waals surface area contributed by atoms with Crippen LogP contribution in [0.3, 0.4) is 0 Å². The van der Waals surface area contributed by atoms with E-state index in [0.717, 1.165) is 57.1 Å². The fourth-order valence-electron chi connectivity index (χ4n) is 7.26. The van der Waals surface area contributed by atoms with Gasteiger partial charge in [-0.15, -0.1) is 6.42 Å². The van der Waals surface area contributed by atoms with Crippen LogP contribution in [0.2, 0.25) is 0 Å². The van der Waals surface area contributed by atoms with Crippen molar-refractivity contribution in [2.75, 3.05) is 0 Å². The maximum atomic E-state index is 11.1. The number of oxime groups is 1. The summed E-state index contributed by atoms with van der Waals surface area (Å²) in [4.78, 5) is 15.9. The van der Waals surface area contributed by atoms with Crippen molar-refractivity contribution in [2.45, 2.75) is 63.9 Å². The van der Waals surface area contributed by atoms with Gasteiger partial charge in [0.2, 0.25) is 0 Å². The number of rotatable bonds is 3. The van der Waals surface area contributed by atoms with E-state index in [1.165, 1.54) is 17.7 Å². The molecule has 0 aliphatic heterocycles. The van der Waals surface area contributed by atoms with Crippen LogP contribution >= 0.6 is 0 Å². The lowest BCUT2D eigenvalue weighted by Gasteiger charge is -2.54. The molecule has 3 fully saturated rings. The maximum Gasteiger partial charge on any atom is 0.269 e. The molecule has 4 aliphatic carbocycles. The number of nitro benzene ring substituents is 1. The second kappa shape index (κ2) is 7.74. The van der Waals surface area contributed by atoms with Gasteiger partial charge in [-0.25, -0.2) is 0 Å². The first kappa shape index (κ1) is 21.2. The van der Waals surface area contributed by atoms with Crippen molar-refractivity contribution >= 4 is 11.4 Å². The van der Waals surface area contributed by atoms with Crippen LogP contribution < -0.4 is 4.84 Å². The Morgan fingerprint density at radius 3 is 2.66 bits per heavy atom. The zero-order valence-electron chi connectivity index (χ0n) is 18.5. The van der Waals surface area contributed by atoms with Gasteiger partial charge in [0.1, 0.15) is 5.60 Å². The lowest BCUT2D eigenvalue weighted by atomic mass is 9.50. The normalized spacial score (nSPS) is 39.3. The molecular formula is C26H30N2O4. The summed E-state index contributed by atoms with van der Waals surface area (Å²) in [6, 6.07) is 5.99. The minimum atomic E-state index is -0.944. The summed E-state index contributed by atoms with van der Waals surface area (Å²) in [7, 11) is 0. The minimum absolute atomic E-state index is 0.0379. The molecule has 4 aliphatic rings. The van der Waals surface area contributed by atoms with Crippen LogP contribution in [0.25, 0.3) is 0 Å². The molecule has 168 valence electrons. The molecule has 0 saturated heterocycles. The number of hydrogen-bond donors (Lipinski definition) is 1. The second-order valence-electron chi connectivity index (χ2n) is 10.3. The number of aliphatic hydroxyl groups is 1. The Morgan fingerprint density at radius 1 is 1.16 bits per heavy atom. The molecule has 5 rings (SSSR count). The summed E-state index contributed by atoms with van der Waals surface area (Å²) in [6.07, 6.45) is 16.1. The summed E-state index contributed by atoms with van der Waals surface area (Å²) >= 11 is 0. The van der Waals surface area contributed by atoms with Crippen molar-refractivity contribution in [3.05, 3.63) is 46.0 Å². The average molecular weight is 435 g/mol. The molecule has 1 aromatic carbocycles. The molecule has 6 heteroatoms. The quantitative estimate of drug-likeness (QED) is 0.399. The van der Waals surface area contributed by atoms with E-state index in [1.54, 1.807) is 12.1 Å². The van der Waals surface area contributed by atoms with Crippen LogP contribution in [-0.4, -0.2) is 21.3 Å². The van der Waals surface area contributed by atoms with Gasteiger partial charge < -0.3 is 9.94 Å². The SMILES string of the molecule is C#C[C@@]1(O)CC[C@H]2[C@@H]3CCC4=C/C(=N\Oc5ccc([N+](=O)[O-])cc5)CC[C@@H]4[C@H]3CC[C@@]21C. The predicted octanol–water partition coefficient (Wildman–Crippen LogP) is 5.27. The van der Waals surface area contributed by atoms with E-state index in [2.05, 4.69) is 24.1 Å². The standard InChI is InChI=1S/C26H30N2O4/c1-3-26(29)15-13-24-23-10-4-17-16-18(5-11-21(17)22(23)12-14-25(24,26)2)27-32-20-8-6-19(7-9-20)28(30)31/h1,6-9,16,21-24,29H,4-5,10-15H2,2H3/b27-18-/t21-,22+,23+,24-,25-,26+/m0/s1. The van der Waals surface area contributed by atoms with Crippen molar-refractivity contribution in [3.8, 4) is 18.1 Å². The molecule has 6 nitrogen and oxygen atoms in total. The van der Waals surface area contributed by atoms with Crippen molar-refractivity contribution in [2.24, 2.45) is 34.2 Å². The van der Waals surface area contributed by atoms with E-state index in [0.29, 0.717) is 29.4 Å². The van der Waals surface area contributed by atoms with Gasteiger partial charge in [-0.2, -0.15) is 0 Å². The van der Waals surface area contributed by atoms with E-state index in [1.807, 2.05) is 0 Å². The fourth-order valence-corrected chi connectivity index (χ4v) is 7.26. The molecule has 0 spiro atoms. The zero-order chi connectivity index (χ0) is 22.5. The number of non-ortho nitro benzene ring substituents is 1. The van der Waals surface area contributed by atoms with Gasteiger partial charge in [-0.05, 0) is 93.2 Å². The van der Waals surface area contributed by atoms with Gasteiger partial charge in [0.25, 0.3) is 5.69 Å². The van der Waals surface area contributed by atoms with E-state index in [-0.39, 0.29) is 11.1 Å². The molecule has 0 unspecified atom stereocenters. The van der Waals surface area contributed by atoms with Crippen molar-refractivity contribution in [1.29, 1.82) is 0 Å². The Labute approximate surface area is 188 Å². The lowest BCUT2D eigenvalue weighted by molar-refractivity contribution is -0.384. The van der Waals surface area contributed by atoms with E-state index >= 15 is 0 Å². The van der Waals surface area contributed by atoms with Crippen LogP contribution in [-0.2, 0) is 0 Å². The highest BCUT2D eigenvalue weighted by molar-refractivity contribution is 5.96. The molecule has 1 aromatic rings. The topological polar surface area (TPSA) is 85.0 Å². The molecule has 3 saturated carbocycles. The summed E-state index contributed by atoms with van der Waals surface area (Å²) in [6.45, 7) is 2.23. The number of nitrogens with zero attached hydrogens (tertiary/aromatic N) is 2. The first-order chi connectivity index (χ1) is 15.3. The molecule has 0 radical (unpaired) electrons. The molecule has 0 bridgehead atoms. The predicted molar refractivity (Wildman–Crippen MR) is 122 cm³/mol. The maximum absolute atomic E-state index is 11.1. The van der Waals surface area contributed by atoms with Gasteiger partial charge in [0.05, 0.1) is 10.6 Å². The van der Waals surface area contributed by atoms with Gasteiger partial charge in [0, 0.05) is 17.5 Å². The van der Waals surface area contributed by atoms with Crippen LogP contribution in [0, 0.1) is 51.5 Å². The highest BCUT2D eigenvalue weighted by Gasteiger charge is 2.61. The second-order valence-corrected chi connectivity index (χ2v) is 10.3. The molecule has 0 aromatic heterocycles. The Morgan fingerprint density at radius 2 is 1.94 bits per heavy atom. The number of allylic oxidation sites excluding steroid dienone is 2. The number of benzene rings is 1. The van der Waals surface area contributed by atoms with Crippen molar-refractivity contribution in [1.82, 2.24) is 0 Å². The number of terminal acetylenes is 1. The Hall–Kier alpha value is -2.65. The molecule has 1 N–H and O–H groups in total. The van der Waals surface area contributed by atoms with Gasteiger partial charge >= 0.3 is 0 Å². The molecule has 32 heavy (non-hydrogen) atoms. The van der Waals surface area contributed by atoms with Crippen LogP contribution in [0.5, 0.6) is 5.75 Å². The van der Waals surface area contributed by atoms with Crippen LogP contribution in [0.4, 0.5) is 5.69 Å². The summed E-state index contributed by atoms with van der Waals surface area (Å²) in [5.74, 6) is 5.69. The van der Waals surface area contributed by atoms with E-state index < -0.39 is 10.5 Å². The third-order valence-electron chi connectivity index (χ3n) is 9.02. The summed E-state index contributed by atoms with van der Waals surface area (Å²) in [5.41, 5.74) is 1.37. The lowest BCUT2D eigenvalue weighted by Crippen LogP contribution is -2.52. The molecule has 6 atom stereocenters. The fraction of sp³-hybridized carbons (Fsp3) is 0.577. The number of hydrogen-bond acceptors (Lipinski definition) is 5. The summed E-state index contributed by atoms with van der Waals surface area (Å²) < 4.78 is 0. The first-order valence-corrected chi connectivity index (χ1v) is 11.7. The molecular weight excluding hydrogens is 404 g/mol. The Kier molecular flexibility index (Phi) is 5.13. The average Bonchev–Trinajstić information content (AvgIpc) is 3.08. The van der Waals surface area contributed by atoms with Gasteiger partial charge in [0.15, 0.2) is 5.75 Å². The first-order valence-electron chi connectivity index (χ1n) is 11.7. The van der Waals surface area contributed by atoms with Crippen molar-refractivity contribution in [3.63, 3.8) is 0 Å². The van der Waals surface area contributed by atoms with E-state index in [9.17, 15) is 15.2 Å². The van der Waals surface area contributed by atoms with Crippen molar-refractivity contribution < 1.29 is 14.9 Å². The van der Waals surface area contributed by atoms with Gasteiger partial charge in [-0.1, -0.05) is 23.6 Å². The third kappa shape index (κ3) is 3.26. The minimum Gasteiger partial charge on any atom is -0.377 e. The number of nitro groups is 1. The highest BCUT2D eigenvalue weighted by atomic mass is 16.6. The highest BCUT2D eigenvalue weighted by Crippen LogP contribution is 2.64. The third-order valence-corrected chi connectivity index (χ3v) is 9.02. The van der Waals surface area contributed by atoms with Crippen LogP contribution in [0.1, 0.15) is 58.3 Å². The van der Waals surface area contributed by atoms with Gasteiger partial charge in [-0.3, -0.25) is 10.1 Å². The largest absolute Gasteiger partial charge is 0.377 e. The smallest absolute Gasteiger partial charge is 0.269 e. The van der Waals surface area contributed by atoms with Crippen LogP contribution in [0.15, 0.2) is 41.1 Å². The number of fused-ring (bicyclic) bond motifs is 5. The molecule has 0 heterocycles. The van der Waals surface area contributed by atoms with E-state index in [4.69, 9.17) is 11.3 Å². The Balaban J connectivity index is 1.29. The zero-order valence-corrected chi connectivity index (χ0v) is 18.5.